The summed E-state index contributed by atoms with van der Waals surface area (Å²) in [5.41, 5.74) is -7.16. The molecule has 0 amide bonds. The second-order valence-electron chi connectivity index (χ2n) is 12.9. The van der Waals surface area contributed by atoms with E-state index in [1.807, 2.05) is 0 Å². The van der Waals surface area contributed by atoms with Crippen LogP contribution in [0.1, 0.15) is 158 Å². The van der Waals surface area contributed by atoms with Gasteiger partial charge in [0.05, 0.1) is 0 Å². The fourth-order valence-corrected chi connectivity index (χ4v) is 15.9. The van der Waals surface area contributed by atoms with Gasteiger partial charge >= 0.3 is 58.4 Å². The number of unbranched alkanes of at least 4 members (excludes halogenated alkanes) is 6. The van der Waals surface area contributed by atoms with Crippen molar-refractivity contribution in [1.82, 2.24) is 0 Å². The fraction of sp³-hybridized carbons (Fsp3) is 1.00. The molecule has 13 heteroatoms. The summed E-state index contributed by atoms with van der Waals surface area (Å²) in [6.07, 6.45) is 18.4. The molecule has 0 aliphatic rings. The summed E-state index contributed by atoms with van der Waals surface area (Å²) >= 11 is 9.63. The van der Waals surface area contributed by atoms with Crippen molar-refractivity contribution in [3.63, 3.8) is 0 Å². The van der Waals surface area contributed by atoms with Crippen LogP contribution in [0.4, 0.5) is 0 Å². The molecule has 0 radical (unpaired) electrons. The van der Waals surface area contributed by atoms with Crippen LogP contribution in [0.15, 0.2) is 0 Å². The standard InChI is InChI=1S/2C16H34O2PS2.3Zn/c2*1-5-7-12-16(6-2)14-21(19(17,18)20)13-10-8-9-11-15(3)4;;;/h2*15-16H,5-14H2,1-4H3;;;/q2*-3;3*+2. The third-order valence-electron chi connectivity index (χ3n) is 7.90. The monoisotopic (exact) mass is 898 g/mol. The van der Waals surface area contributed by atoms with E-state index >= 15 is 0 Å². The molecule has 0 saturated heterocycles. The predicted molar refractivity (Wildman–Crippen MR) is 196 cm³/mol. The minimum Gasteiger partial charge on any atom is -0.854 e. The Labute approximate surface area is 335 Å². The fourth-order valence-electron chi connectivity index (χ4n) is 4.91. The van der Waals surface area contributed by atoms with Gasteiger partial charge in [-0.15, -0.1) is 0 Å². The number of hydrogen-bond donors (Lipinski definition) is 0. The Bertz CT molecular complexity index is 688. The first-order valence-electron chi connectivity index (χ1n) is 17.0. The minimum absolute atomic E-state index is 0. The Kier molecular flexibility index (Phi) is 47.1. The molecule has 0 aromatic carbocycles. The molecule has 45 heavy (non-hydrogen) atoms. The van der Waals surface area contributed by atoms with E-state index in [-0.39, 0.29) is 58.4 Å². The van der Waals surface area contributed by atoms with E-state index in [4.69, 9.17) is 24.5 Å². The molecule has 4 nitrogen and oxygen atoms in total. The van der Waals surface area contributed by atoms with Gasteiger partial charge in [0.15, 0.2) is 0 Å². The number of hydrogen-bond acceptors (Lipinski definition) is 6. The average molecular weight is 903 g/mol. The van der Waals surface area contributed by atoms with Crippen LogP contribution in [-0.2, 0) is 103 Å². The summed E-state index contributed by atoms with van der Waals surface area (Å²) in [7, 11) is -1.15. The minimum atomic E-state index is -3.58. The third-order valence-corrected chi connectivity index (χ3v) is 22.0. The van der Waals surface area contributed by atoms with Crippen LogP contribution in [0.25, 0.3) is 0 Å². The Morgan fingerprint density at radius 2 is 0.800 bits per heavy atom. The molecule has 260 valence electrons. The Morgan fingerprint density at radius 3 is 1.02 bits per heavy atom. The first-order chi connectivity index (χ1) is 19.6. The molecule has 0 rings (SSSR count). The van der Waals surface area contributed by atoms with Crippen molar-refractivity contribution in [3.05, 3.63) is 0 Å². The van der Waals surface area contributed by atoms with Crippen LogP contribution >= 0.6 is 11.4 Å². The normalized spacial score (nSPS) is 14.4. The van der Waals surface area contributed by atoms with Gasteiger partial charge in [0.1, 0.15) is 0 Å². The van der Waals surface area contributed by atoms with Gasteiger partial charge in [0.2, 0.25) is 0 Å². The van der Waals surface area contributed by atoms with Crippen molar-refractivity contribution in [3.8, 4) is 0 Å². The maximum Gasteiger partial charge on any atom is 2.00 e. The summed E-state index contributed by atoms with van der Waals surface area (Å²) in [4.78, 5) is 47.5. The van der Waals surface area contributed by atoms with Gasteiger partial charge in [-0.3, -0.25) is 0 Å². The second-order valence-corrected chi connectivity index (χ2v) is 28.3. The molecule has 4 unspecified atom stereocenters. The molecule has 0 bridgehead atoms. The van der Waals surface area contributed by atoms with Crippen LogP contribution in [0.3, 0.4) is 0 Å². The first kappa shape index (κ1) is 58.3. The van der Waals surface area contributed by atoms with E-state index in [0.29, 0.717) is 11.8 Å². The van der Waals surface area contributed by atoms with Crippen molar-refractivity contribution in [2.45, 2.75) is 158 Å². The van der Waals surface area contributed by atoms with E-state index in [0.717, 1.165) is 86.2 Å². The Hall–Kier alpha value is 3.97. The zero-order valence-corrected chi connectivity index (χ0v) is 44.7. The maximum absolute atomic E-state index is 11.9. The van der Waals surface area contributed by atoms with Gasteiger partial charge in [0, 0.05) is 0 Å². The van der Waals surface area contributed by atoms with E-state index in [2.05, 4.69) is 55.4 Å². The Balaban J connectivity index is -0.000000222. The molecule has 0 N–H and O–H groups in total. The van der Waals surface area contributed by atoms with Crippen LogP contribution in [0.2, 0.25) is 0 Å². The molecular formula is C32H68O4P2S4Zn3. The summed E-state index contributed by atoms with van der Waals surface area (Å²) in [5, 5.41) is 0. The third kappa shape index (κ3) is 37.5. The first-order valence-corrected chi connectivity index (χ1v) is 26.6. The molecule has 0 saturated carbocycles. The molecule has 0 aliphatic heterocycles. The van der Waals surface area contributed by atoms with Crippen molar-refractivity contribution in [2.75, 3.05) is 23.0 Å². The zero-order valence-electron chi connectivity index (χ0n) is 30.7. The average Bonchev–Trinajstić information content (AvgIpc) is 2.89. The molecule has 0 aromatic rings. The molecule has 0 fully saturated rings. The van der Waals surface area contributed by atoms with Crippen molar-refractivity contribution >= 4 is 56.0 Å². The van der Waals surface area contributed by atoms with Crippen LogP contribution in [-0.4, -0.2) is 23.0 Å². The summed E-state index contributed by atoms with van der Waals surface area (Å²) in [5.74, 6) is 5.77. The van der Waals surface area contributed by atoms with Crippen molar-refractivity contribution in [2.24, 2.45) is 23.7 Å². The van der Waals surface area contributed by atoms with Gasteiger partial charge in [-0.1, -0.05) is 132 Å². The van der Waals surface area contributed by atoms with E-state index in [1.165, 1.54) is 51.4 Å². The SMILES string of the molecule is CCCCC(CC)CS(CCCCCC(C)C)=P([O-])([O-])[S-].CCCCC(CC)CS(CCCCCC(C)C)=P([O-])([O-])[S-].[Zn+2].[Zn+2].[Zn+2]. The Morgan fingerprint density at radius 1 is 0.489 bits per heavy atom. The molecule has 0 spiro atoms. The topological polar surface area (TPSA) is 92.2 Å². The molecular weight excluding hydrogens is 835 g/mol. The van der Waals surface area contributed by atoms with Crippen LogP contribution in [0.5, 0.6) is 0 Å². The van der Waals surface area contributed by atoms with Crippen LogP contribution in [0, 0.1) is 23.7 Å². The largest absolute Gasteiger partial charge is 2.00 e. The van der Waals surface area contributed by atoms with Gasteiger partial charge in [0.25, 0.3) is 0 Å². The van der Waals surface area contributed by atoms with E-state index in [1.54, 1.807) is 0 Å². The molecule has 0 aliphatic carbocycles. The van der Waals surface area contributed by atoms with Gasteiger partial charge in [-0.2, -0.15) is 0 Å². The van der Waals surface area contributed by atoms with Crippen LogP contribution < -0.4 is 19.6 Å². The summed E-state index contributed by atoms with van der Waals surface area (Å²) in [6, 6.07) is 0. The van der Waals surface area contributed by atoms with Crippen molar-refractivity contribution < 1.29 is 78.0 Å². The summed E-state index contributed by atoms with van der Waals surface area (Å²) < 4.78 is 0. The molecule has 0 heterocycles. The van der Waals surface area contributed by atoms with Gasteiger partial charge < -0.3 is 55.5 Å². The summed E-state index contributed by atoms with van der Waals surface area (Å²) in [6.45, 7) is 17.7. The smallest absolute Gasteiger partial charge is 0.854 e. The van der Waals surface area contributed by atoms with Gasteiger partial charge in [-0.25, -0.2) is 20.1 Å². The number of rotatable bonds is 24. The zero-order chi connectivity index (χ0) is 32.6. The van der Waals surface area contributed by atoms with Crippen molar-refractivity contribution in [1.29, 1.82) is 0 Å². The maximum atomic E-state index is 11.9. The second kappa shape index (κ2) is 36.3. The molecule has 0 aromatic heterocycles. The van der Waals surface area contributed by atoms with E-state index in [9.17, 15) is 19.6 Å². The van der Waals surface area contributed by atoms with E-state index < -0.39 is 31.5 Å². The molecule has 4 atom stereocenters. The predicted octanol–water partition coefficient (Wildman–Crippen LogP) is 7.96. The van der Waals surface area contributed by atoms with Gasteiger partial charge in [-0.05, 0) is 72.4 Å². The quantitative estimate of drug-likeness (QED) is 0.0423.